The first-order chi connectivity index (χ1) is 8.49. The molecule has 0 atom stereocenters. The minimum atomic E-state index is -3.65. The summed E-state index contributed by atoms with van der Waals surface area (Å²) in [4.78, 5) is -0.341. The fraction of sp³-hybridized carbons (Fsp3) is 0.500. The second-order valence-corrected chi connectivity index (χ2v) is 6.45. The minimum Gasteiger partial charge on any atom is -0.508 e. The summed E-state index contributed by atoms with van der Waals surface area (Å²) in [5, 5.41) is 9.07. The van der Waals surface area contributed by atoms with E-state index in [4.69, 9.17) is 9.84 Å². The van der Waals surface area contributed by atoms with Crippen molar-refractivity contribution < 1.29 is 22.7 Å². The largest absolute Gasteiger partial charge is 0.508 e. The van der Waals surface area contributed by atoms with Crippen LogP contribution in [0.25, 0.3) is 0 Å². The third-order valence-electron chi connectivity index (χ3n) is 3.05. The molecular formula is C12H15FO4S. The van der Waals surface area contributed by atoms with Crippen LogP contribution in [0.1, 0.15) is 12.8 Å². The number of hydrogen-bond donors (Lipinski definition) is 1. The first kappa shape index (κ1) is 13.3. The predicted octanol–water partition coefficient (Wildman–Crippen LogP) is 1.73. The molecule has 1 fully saturated rings. The molecule has 0 aromatic heterocycles. The van der Waals surface area contributed by atoms with Gasteiger partial charge in [0.15, 0.2) is 9.84 Å². The van der Waals surface area contributed by atoms with Crippen molar-refractivity contribution in [2.24, 2.45) is 5.92 Å². The Morgan fingerprint density at radius 1 is 1.33 bits per heavy atom. The molecule has 0 saturated carbocycles. The van der Waals surface area contributed by atoms with E-state index in [2.05, 4.69) is 0 Å². The van der Waals surface area contributed by atoms with E-state index in [0.717, 1.165) is 12.1 Å². The van der Waals surface area contributed by atoms with E-state index in [1.54, 1.807) is 0 Å². The van der Waals surface area contributed by atoms with Crippen LogP contribution in [0.3, 0.4) is 0 Å². The topological polar surface area (TPSA) is 63.6 Å². The summed E-state index contributed by atoms with van der Waals surface area (Å²) in [5.74, 6) is -1.24. The van der Waals surface area contributed by atoms with Crippen molar-refractivity contribution in [1.29, 1.82) is 0 Å². The van der Waals surface area contributed by atoms with E-state index in [1.807, 2.05) is 0 Å². The van der Waals surface area contributed by atoms with Gasteiger partial charge in [-0.1, -0.05) is 0 Å². The van der Waals surface area contributed by atoms with Crippen molar-refractivity contribution in [2.45, 2.75) is 17.7 Å². The molecule has 0 bridgehead atoms. The zero-order chi connectivity index (χ0) is 13.2. The van der Waals surface area contributed by atoms with Gasteiger partial charge in [0.05, 0.1) is 5.75 Å². The molecule has 1 saturated heterocycles. The van der Waals surface area contributed by atoms with Gasteiger partial charge in [-0.2, -0.15) is 0 Å². The molecule has 100 valence electrons. The summed E-state index contributed by atoms with van der Waals surface area (Å²) in [6.07, 6.45) is 1.36. The number of aromatic hydroxyl groups is 1. The van der Waals surface area contributed by atoms with Gasteiger partial charge in [0.2, 0.25) is 0 Å². The normalized spacial score (nSPS) is 17.8. The number of hydrogen-bond acceptors (Lipinski definition) is 4. The van der Waals surface area contributed by atoms with E-state index in [0.29, 0.717) is 26.1 Å². The maximum absolute atomic E-state index is 13.5. The Kier molecular flexibility index (Phi) is 3.87. The summed E-state index contributed by atoms with van der Waals surface area (Å²) in [6, 6.07) is 3.11. The highest BCUT2D eigenvalue weighted by atomic mass is 32.2. The number of phenols is 1. The molecule has 0 radical (unpaired) electrons. The summed E-state index contributed by atoms with van der Waals surface area (Å²) >= 11 is 0. The fourth-order valence-electron chi connectivity index (χ4n) is 2.06. The van der Waals surface area contributed by atoms with Gasteiger partial charge in [-0.3, -0.25) is 0 Å². The third kappa shape index (κ3) is 3.00. The van der Waals surface area contributed by atoms with Gasteiger partial charge in [0.1, 0.15) is 16.5 Å². The lowest BCUT2D eigenvalue weighted by Crippen LogP contribution is -2.24. The summed E-state index contributed by atoms with van der Waals surface area (Å²) in [7, 11) is -3.65. The number of ether oxygens (including phenoxy) is 1. The lowest BCUT2D eigenvalue weighted by Gasteiger charge is -2.21. The molecule has 18 heavy (non-hydrogen) atoms. The van der Waals surface area contributed by atoms with Gasteiger partial charge in [-0.05, 0) is 30.9 Å². The molecule has 0 spiro atoms. The Bertz CT molecular complexity index is 521. The molecular weight excluding hydrogens is 259 g/mol. The quantitative estimate of drug-likeness (QED) is 0.911. The smallest absolute Gasteiger partial charge is 0.181 e. The predicted molar refractivity (Wildman–Crippen MR) is 63.7 cm³/mol. The second-order valence-electron chi connectivity index (χ2n) is 4.45. The van der Waals surface area contributed by atoms with Crippen LogP contribution >= 0.6 is 0 Å². The molecule has 4 nitrogen and oxygen atoms in total. The van der Waals surface area contributed by atoms with E-state index in [-0.39, 0.29) is 22.3 Å². The highest BCUT2D eigenvalue weighted by Crippen LogP contribution is 2.25. The van der Waals surface area contributed by atoms with Gasteiger partial charge < -0.3 is 9.84 Å². The van der Waals surface area contributed by atoms with E-state index in [9.17, 15) is 12.8 Å². The van der Waals surface area contributed by atoms with E-state index in [1.165, 1.54) is 6.07 Å². The SMILES string of the molecule is O=S(=O)(CC1CCOCC1)c1ccc(O)cc1F. The second kappa shape index (κ2) is 5.24. The van der Waals surface area contributed by atoms with Crippen LogP contribution in [0.15, 0.2) is 23.1 Å². The van der Waals surface area contributed by atoms with Crippen LogP contribution < -0.4 is 0 Å². The number of benzene rings is 1. The summed E-state index contributed by atoms with van der Waals surface area (Å²) < 4.78 is 42.8. The molecule has 2 rings (SSSR count). The van der Waals surface area contributed by atoms with Gasteiger partial charge in [-0.15, -0.1) is 0 Å². The molecule has 1 aromatic carbocycles. The standard InChI is InChI=1S/C12H15FO4S/c13-11-7-10(14)1-2-12(11)18(15,16)8-9-3-5-17-6-4-9/h1-2,7,9,14H,3-6,8H2. The molecule has 1 N–H and O–H groups in total. The van der Waals surface area contributed by atoms with Crippen LogP contribution in [0.4, 0.5) is 4.39 Å². The molecule has 6 heteroatoms. The molecule has 1 aromatic rings. The Morgan fingerprint density at radius 2 is 2.00 bits per heavy atom. The molecule has 1 heterocycles. The number of phenolic OH excluding ortho intramolecular Hbond substituents is 1. The lowest BCUT2D eigenvalue weighted by atomic mass is 10.0. The number of sulfone groups is 1. The first-order valence-corrected chi connectivity index (χ1v) is 7.43. The Morgan fingerprint density at radius 3 is 2.61 bits per heavy atom. The maximum atomic E-state index is 13.5. The molecule has 0 amide bonds. The average molecular weight is 274 g/mol. The van der Waals surface area contributed by atoms with Crippen LogP contribution in [-0.4, -0.2) is 32.5 Å². The minimum absolute atomic E-state index is 0.0111. The maximum Gasteiger partial charge on any atom is 0.181 e. The van der Waals surface area contributed by atoms with Gasteiger partial charge in [0, 0.05) is 19.3 Å². The first-order valence-electron chi connectivity index (χ1n) is 5.78. The van der Waals surface area contributed by atoms with Crippen molar-refractivity contribution >= 4 is 9.84 Å². The number of rotatable bonds is 3. The van der Waals surface area contributed by atoms with Crippen molar-refractivity contribution in [3.63, 3.8) is 0 Å². The van der Waals surface area contributed by atoms with E-state index >= 15 is 0 Å². The number of halogens is 1. The third-order valence-corrected chi connectivity index (χ3v) is 4.96. The van der Waals surface area contributed by atoms with Gasteiger partial charge >= 0.3 is 0 Å². The van der Waals surface area contributed by atoms with Crippen LogP contribution in [0.2, 0.25) is 0 Å². The lowest BCUT2D eigenvalue weighted by molar-refractivity contribution is 0.0723. The molecule has 1 aliphatic rings. The van der Waals surface area contributed by atoms with Crippen molar-refractivity contribution in [3.8, 4) is 5.75 Å². The highest BCUT2D eigenvalue weighted by Gasteiger charge is 2.25. The van der Waals surface area contributed by atoms with Crippen molar-refractivity contribution in [2.75, 3.05) is 19.0 Å². The molecule has 1 aliphatic heterocycles. The zero-order valence-corrected chi connectivity index (χ0v) is 10.6. The monoisotopic (exact) mass is 274 g/mol. The van der Waals surface area contributed by atoms with Crippen molar-refractivity contribution in [1.82, 2.24) is 0 Å². The van der Waals surface area contributed by atoms with Crippen LogP contribution in [0, 0.1) is 11.7 Å². The Hall–Kier alpha value is -1.14. The Balaban J connectivity index is 2.19. The fourth-order valence-corrected chi connectivity index (χ4v) is 3.82. The van der Waals surface area contributed by atoms with Gasteiger partial charge in [0.25, 0.3) is 0 Å². The molecule has 0 unspecified atom stereocenters. The van der Waals surface area contributed by atoms with Crippen LogP contribution in [-0.2, 0) is 14.6 Å². The Labute approximate surface area is 105 Å². The van der Waals surface area contributed by atoms with Crippen LogP contribution in [0.5, 0.6) is 5.75 Å². The average Bonchev–Trinajstić information content (AvgIpc) is 2.29. The highest BCUT2D eigenvalue weighted by molar-refractivity contribution is 7.91. The summed E-state index contributed by atoms with van der Waals surface area (Å²) in [5.41, 5.74) is 0. The van der Waals surface area contributed by atoms with Crippen molar-refractivity contribution in [3.05, 3.63) is 24.0 Å². The molecule has 0 aliphatic carbocycles. The zero-order valence-electron chi connectivity index (χ0n) is 9.80. The van der Waals surface area contributed by atoms with E-state index < -0.39 is 15.7 Å². The van der Waals surface area contributed by atoms with Gasteiger partial charge in [-0.25, -0.2) is 12.8 Å². The summed E-state index contributed by atoms with van der Waals surface area (Å²) in [6.45, 7) is 1.11.